The highest BCUT2D eigenvalue weighted by Gasteiger charge is 2.16. The van der Waals surface area contributed by atoms with Gasteiger partial charge in [0.1, 0.15) is 0 Å². The molecule has 3 nitrogen and oxygen atoms in total. The van der Waals surface area contributed by atoms with E-state index in [1.807, 2.05) is 13.8 Å². The predicted molar refractivity (Wildman–Crippen MR) is 60.4 cm³/mol. The van der Waals surface area contributed by atoms with Gasteiger partial charge in [0.05, 0.1) is 18.1 Å². The zero-order valence-electron chi connectivity index (χ0n) is 9.88. The van der Waals surface area contributed by atoms with Crippen LogP contribution in [0, 0.1) is 22.7 Å². The van der Waals surface area contributed by atoms with Crippen LogP contribution in [0.25, 0.3) is 0 Å². The summed E-state index contributed by atoms with van der Waals surface area (Å²) in [7, 11) is 0. The summed E-state index contributed by atoms with van der Waals surface area (Å²) in [6.45, 7) is 7.86. The standard InChI is InChI=1S/C12H22N2O/c1-12(2,10-13)5-3-7-15-9-11-4-6-14-8-11/h11,14H,3-9H2,1-2H3. The first kappa shape index (κ1) is 12.5. The van der Waals surface area contributed by atoms with Gasteiger partial charge in [-0.1, -0.05) is 0 Å². The third-order valence-electron chi connectivity index (χ3n) is 2.91. The van der Waals surface area contributed by atoms with Crippen molar-refractivity contribution in [2.24, 2.45) is 11.3 Å². The van der Waals surface area contributed by atoms with Gasteiger partial charge < -0.3 is 10.1 Å². The molecule has 0 bridgehead atoms. The van der Waals surface area contributed by atoms with E-state index in [9.17, 15) is 0 Å². The molecule has 1 fully saturated rings. The van der Waals surface area contributed by atoms with Crippen molar-refractivity contribution in [3.63, 3.8) is 0 Å². The SMILES string of the molecule is CC(C)(C#N)CCCOCC1CCNC1. The Labute approximate surface area is 92.8 Å². The van der Waals surface area contributed by atoms with Gasteiger partial charge in [0.15, 0.2) is 0 Å². The average Bonchev–Trinajstić information content (AvgIpc) is 2.70. The van der Waals surface area contributed by atoms with E-state index < -0.39 is 0 Å². The minimum Gasteiger partial charge on any atom is -0.381 e. The Morgan fingerprint density at radius 3 is 2.93 bits per heavy atom. The zero-order valence-corrected chi connectivity index (χ0v) is 9.88. The number of ether oxygens (including phenoxy) is 1. The van der Waals surface area contributed by atoms with E-state index in [4.69, 9.17) is 10.00 Å². The van der Waals surface area contributed by atoms with Crippen molar-refractivity contribution in [2.45, 2.75) is 33.1 Å². The topological polar surface area (TPSA) is 45.0 Å². The first-order chi connectivity index (χ1) is 7.14. The highest BCUT2D eigenvalue weighted by Crippen LogP contribution is 2.20. The molecule has 0 aromatic rings. The number of nitrogens with one attached hydrogen (secondary N) is 1. The van der Waals surface area contributed by atoms with Gasteiger partial charge in [-0.05, 0) is 45.6 Å². The molecular weight excluding hydrogens is 188 g/mol. The fraction of sp³-hybridized carbons (Fsp3) is 0.917. The van der Waals surface area contributed by atoms with E-state index in [0.717, 1.165) is 39.1 Å². The summed E-state index contributed by atoms with van der Waals surface area (Å²) in [6.07, 6.45) is 3.15. The smallest absolute Gasteiger partial charge is 0.0683 e. The van der Waals surface area contributed by atoms with Crippen molar-refractivity contribution >= 4 is 0 Å². The monoisotopic (exact) mass is 210 g/mol. The van der Waals surface area contributed by atoms with Crippen molar-refractivity contribution < 1.29 is 4.74 Å². The van der Waals surface area contributed by atoms with Crippen LogP contribution in [0.4, 0.5) is 0 Å². The second kappa shape index (κ2) is 6.09. The van der Waals surface area contributed by atoms with Gasteiger partial charge in [0.2, 0.25) is 0 Å². The quantitative estimate of drug-likeness (QED) is 0.681. The molecule has 1 aliphatic heterocycles. The van der Waals surface area contributed by atoms with Crippen molar-refractivity contribution in [3.8, 4) is 6.07 Å². The van der Waals surface area contributed by atoms with Crippen LogP contribution in [-0.4, -0.2) is 26.3 Å². The molecule has 86 valence electrons. The largest absolute Gasteiger partial charge is 0.381 e. The van der Waals surface area contributed by atoms with Crippen molar-refractivity contribution in [1.29, 1.82) is 5.26 Å². The molecule has 0 aliphatic carbocycles. The molecule has 15 heavy (non-hydrogen) atoms. The lowest BCUT2D eigenvalue weighted by Gasteiger charge is -2.15. The van der Waals surface area contributed by atoms with Gasteiger partial charge in [0.25, 0.3) is 0 Å². The minimum atomic E-state index is -0.196. The van der Waals surface area contributed by atoms with Crippen LogP contribution >= 0.6 is 0 Å². The Kier molecular flexibility index (Phi) is 5.07. The van der Waals surface area contributed by atoms with Gasteiger partial charge >= 0.3 is 0 Å². The van der Waals surface area contributed by atoms with Crippen LogP contribution in [-0.2, 0) is 4.74 Å². The Bertz CT molecular complexity index is 214. The lowest BCUT2D eigenvalue weighted by Crippen LogP contribution is -2.15. The van der Waals surface area contributed by atoms with Gasteiger partial charge in [-0.25, -0.2) is 0 Å². The van der Waals surface area contributed by atoms with Gasteiger partial charge in [0, 0.05) is 13.2 Å². The molecule has 0 aromatic heterocycles. The summed E-state index contributed by atoms with van der Waals surface area (Å²) in [5.74, 6) is 0.703. The maximum absolute atomic E-state index is 8.82. The second-order valence-electron chi connectivity index (χ2n) is 5.03. The van der Waals surface area contributed by atoms with Crippen LogP contribution in [0.15, 0.2) is 0 Å². The number of nitrogens with zero attached hydrogens (tertiary/aromatic N) is 1. The Hall–Kier alpha value is -0.590. The van der Waals surface area contributed by atoms with Crippen LogP contribution < -0.4 is 5.32 Å². The second-order valence-corrected chi connectivity index (χ2v) is 5.03. The Morgan fingerprint density at radius 1 is 1.53 bits per heavy atom. The average molecular weight is 210 g/mol. The molecule has 1 rings (SSSR count). The Morgan fingerprint density at radius 2 is 2.33 bits per heavy atom. The normalized spacial score (nSPS) is 21.5. The van der Waals surface area contributed by atoms with Crippen LogP contribution in [0.5, 0.6) is 0 Å². The third-order valence-corrected chi connectivity index (χ3v) is 2.91. The lowest BCUT2D eigenvalue weighted by molar-refractivity contribution is 0.0978. The molecule has 0 aromatic carbocycles. The number of rotatable bonds is 6. The molecule has 3 heteroatoms. The summed E-state index contributed by atoms with van der Waals surface area (Å²) >= 11 is 0. The number of hydrogen-bond acceptors (Lipinski definition) is 3. The molecule has 1 atom stereocenters. The van der Waals surface area contributed by atoms with Crippen molar-refractivity contribution in [3.05, 3.63) is 0 Å². The van der Waals surface area contributed by atoms with Crippen molar-refractivity contribution in [1.82, 2.24) is 5.32 Å². The molecule has 1 saturated heterocycles. The van der Waals surface area contributed by atoms with E-state index in [2.05, 4.69) is 11.4 Å². The molecule has 0 spiro atoms. The summed E-state index contributed by atoms with van der Waals surface area (Å²) in [5.41, 5.74) is -0.196. The van der Waals surface area contributed by atoms with Gasteiger partial charge in [-0.15, -0.1) is 0 Å². The first-order valence-electron chi connectivity index (χ1n) is 5.84. The fourth-order valence-corrected chi connectivity index (χ4v) is 1.78. The first-order valence-corrected chi connectivity index (χ1v) is 5.84. The maximum Gasteiger partial charge on any atom is 0.0683 e. The molecule has 1 heterocycles. The number of hydrogen-bond donors (Lipinski definition) is 1. The molecule has 0 radical (unpaired) electrons. The minimum absolute atomic E-state index is 0.196. The lowest BCUT2D eigenvalue weighted by atomic mass is 9.90. The third kappa shape index (κ3) is 5.15. The highest BCUT2D eigenvalue weighted by atomic mass is 16.5. The molecule has 0 saturated carbocycles. The highest BCUT2D eigenvalue weighted by molar-refractivity contribution is 4.91. The van der Waals surface area contributed by atoms with E-state index in [-0.39, 0.29) is 5.41 Å². The molecule has 1 N–H and O–H groups in total. The van der Waals surface area contributed by atoms with E-state index in [0.29, 0.717) is 5.92 Å². The summed E-state index contributed by atoms with van der Waals surface area (Å²) < 4.78 is 5.61. The van der Waals surface area contributed by atoms with Crippen LogP contribution in [0.1, 0.15) is 33.1 Å². The summed E-state index contributed by atoms with van der Waals surface area (Å²) in [5, 5.41) is 12.1. The predicted octanol–water partition coefficient (Wildman–Crippen LogP) is 1.94. The van der Waals surface area contributed by atoms with Gasteiger partial charge in [-0.2, -0.15) is 5.26 Å². The van der Waals surface area contributed by atoms with Gasteiger partial charge in [-0.3, -0.25) is 0 Å². The molecule has 0 amide bonds. The van der Waals surface area contributed by atoms with E-state index in [1.165, 1.54) is 6.42 Å². The van der Waals surface area contributed by atoms with E-state index >= 15 is 0 Å². The molecular formula is C12H22N2O. The summed E-state index contributed by atoms with van der Waals surface area (Å²) in [4.78, 5) is 0. The Balaban J connectivity index is 1.95. The maximum atomic E-state index is 8.82. The van der Waals surface area contributed by atoms with E-state index in [1.54, 1.807) is 0 Å². The van der Waals surface area contributed by atoms with Crippen LogP contribution in [0.2, 0.25) is 0 Å². The summed E-state index contributed by atoms with van der Waals surface area (Å²) in [6, 6.07) is 2.31. The fourth-order valence-electron chi connectivity index (χ4n) is 1.78. The number of nitriles is 1. The molecule has 1 aliphatic rings. The van der Waals surface area contributed by atoms with Crippen molar-refractivity contribution in [2.75, 3.05) is 26.3 Å². The molecule has 1 unspecified atom stereocenters. The zero-order chi connectivity index (χ0) is 11.1. The van der Waals surface area contributed by atoms with Crippen LogP contribution in [0.3, 0.4) is 0 Å².